The first-order valence-corrected chi connectivity index (χ1v) is 8.20. The smallest absolute Gasteiger partial charge is 0.228 e. The van der Waals surface area contributed by atoms with Gasteiger partial charge in [0, 0.05) is 5.02 Å². The predicted octanol–water partition coefficient (Wildman–Crippen LogP) is 5.09. The van der Waals surface area contributed by atoms with Crippen molar-refractivity contribution in [2.75, 3.05) is 5.32 Å². The molecule has 22 heavy (non-hydrogen) atoms. The van der Waals surface area contributed by atoms with Crippen LogP contribution in [0.5, 0.6) is 0 Å². The van der Waals surface area contributed by atoms with Crippen molar-refractivity contribution in [2.45, 2.75) is 13.3 Å². The monoisotopic (exact) mass is 350 g/mol. The van der Waals surface area contributed by atoms with E-state index in [4.69, 9.17) is 23.2 Å². The Hall–Kier alpha value is -1.62. The molecule has 0 aliphatic heterocycles. The van der Waals surface area contributed by atoms with Crippen LogP contribution in [-0.4, -0.2) is 10.9 Å². The number of hydrogen-bond acceptors (Lipinski definition) is 3. The van der Waals surface area contributed by atoms with Gasteiger partial charge in [0.05, 0.1) is 26.8 Å². The molecular weight excluding hydrogens is 339 g/mol. The molecule has 3 rings (SSSR count). The summed E-state index contributed by atoms with van der Waals surface area (Å²) < 4.78 is 1.01. The van der Waals surface area contributed by atoms with Crippen LogP contribution in [0.2, 0.25) is 10.0 Å². The van der Waals surface area contributed by atoms with Crippen molar-refractivity contribution in [2.24, 2.45) is 0 Å². The van der Waals surface area contributed by atoms with Crippen LogP contribution in [0, 0.1) is 6.92 Å². The second-order valence-electron chi connectivity index (χ2n) is 4.86. The Morgan fingerprint density at radius 1 is 1.18 bits per heavy atom. The molecule has 0 unspecified atom stereocenters. The summed E-state index contributed by atoms with van der Waals surface area (Å²) in [5.74, 6) is -0.129. The van der Waals surface area contributed by atoms with Crippen LogP contribution in [0.3, 0.4) is 0 Å². The highest BCUT2D eigenvalue weighted by Gasteiger charge is 2.12. The summed E-state index contributed by atoms with van der Waals surface area (Å²) in [6.07, 6.45) is 0.266. The molecule has 0 atom stereocenters. The summed E-state index contributed by atoms with van der Waals surface area (Å²) in [6.45, 7) is 1.93. The molecule has 0 radical (unpaired) electrons. The number of carbonyl (C=O) groups excluding carboxylic acids is 1. The number of benzene rings is 2. The molecule has 3 aromatic rings. The van der Waals surface area contributed by atoms with E-state index in [1.165, 1.54) is 0 Å². The number of fused-ring (bicyclic) bond motifs is 1. The summed E-state index contributed by atoms with van der Waals surface area (Å²) in [5, 5.41) is 4.91. The van der Waals surface area contributed by atoms with E-state index in [1.807, 2.05) is 31.2 Å². The SMILES string of the molecule is Cc1nc2c(Cl)c(NC(=O)Cc3ccc(Cl)cc3)ccc2s1. The zero-order valence-corrected chi connectivity index (χ0v) is 14.0. The summed E-state index contributed by atoms with van der Waals surface area (Å²) in [7, 11) is 0. The van der Waals surface area contributed by atoms with Gasteiger partial charge in [-0.15, -0.1) is 11.3 Å². The standard InChI is InChI=1S/C16H12Cl2N2OS/c1-9-19-16-13(22-9)7-6-12(15(16)18)20-14(21)8-10-2-4-11(17)5-3-10/h2-7H,8H2,1H3,(H,20,21). The number of amides is 1. The third-order valence-corrected chi connectivity index (χ3v) is 4.73. The number of carbonyl (C=O) groups is 1. The average Bonchev–Trinajstić information content (AvgIpc) is 2.86. The molecule has 1 amide bonds. The number of hydrogen-bond donors (Lipinski definition) is 1. The Morgan fingerprint density at radius 3 is 2.64 bits per heavy atom. The van der Waals surface area contributed by atoms with Gasteiger partial charge in [-0.2, -0.15) is 0 Å². The van der Waals surface area contributed by atoms with Crippen LogP contribution in [0.1, 0.15) is 10.6 Å². The number of thiazole rings is 1. The fourth-order valence-electron chi connectivity index (χ4n) is 2.15. The van der Waals surface area contributed by atoms with E-state index in [2.05, 4.69) is 10.3 Å². The summed E-state index contributed by atoms with van der Waals surface area (Å²) in [5.41, 5.74) is 2.20. The van der Waals surface area contributed by atoms with Gasteiger partial charge in [-0.1, -0.05) is 35.3 Å². The molecule has 3 nitrogen and oxygen atoms in total. The Balaban J connectivity index is 1.79. The number of aromatic nitrogens is 1. The molecule has 112 valence electrons. The number of rotatable bonds is 3. The predicted molar refractivity (Wildman–Crippen MR) is 93.2 cm³/mol. The maximum Gasteiger partial charge on any atom is 0.228 e. The highest BCUT2D eigenvalue weighted by molar-refractivity contribution is 7.18. The molecule has 0 aliphatic carbocycles. The largest absolute Gasteiger partial charge is 0.324 e. The van der Waals surface area contributed by atoms with Crippen LogP contribution in [-0.2, 0) is 11.2 Å². The van der Waals surface area contributed by atoms with Crippen molar-refractivity contribution in [3.05, 3.63) is 57.0 Å². The molecular formula is C16H12Cl2N2OS. The normalized spacial score (nSPS) is 10.9. The lowest BCUT2D eigenvalue weighted by Crippen LogP contribution is -2.14. The van der Waals surface area contributed by atoms with Crippen molar-refractivity contribution in [3.63, 3.8) is 0 Å². The minimum atomic E-state index is -0.129. The van der Waals surface area contributed by atoms with Gasteiger partial charge in [0.15, 0.2) is 0 Å². The van der Waals surface area contributed by atoms with Crippen LogP contribution in [0.25, 0.3) is 10.2 Å². The minimum absolute atomic E-state index is 0.129. The fraction of sp³-hybridized carbons (Fsp3) is 0.125. The van der Waals surface area contributed by atoms with Gasteiger partial charge in [0.2, 0.25) is 5.91 Å². The van der Waals surface area contributed by atoms with Gasteiger partial charge < -0.3 is 5.32 Å². The topological polar surface area (TPSA) is 42.0 Å². The number of aryl methyl sites for hydroxylation is 1. The average molecular weight is 351 g/mol. The van der Waals surface area contributed by atoms with E-state index in [9.17, 15) is 4.79 Å². The van der Waals surface area contributed by atoms with Gasteiger partial charge in [-0.25, -0.2) is 4.98 Å². The van der Waals surface area contributed by atoms with Gasteiger partial charge in [-0.3, -0.25) is 4.79 Å². The van der Waals surface area contributed by atoms with Gasteiger partial charge >= 0.3 is 0 Å². The highest BCUT2D eigenvalue weighted by Crippen LogP contribution is 2.33. The third-order valence-electron chi connectivity index (χ3n) is 3.16. The van der Waals surface area contributed by atoms with Crippen LogP contribution < -0.4 is 5.32 Å². The number of nitrogens with one attached hydrogen (secondary N) is 1. The lowest BCUT2D eigenvalue weighted by Gasteiger charge is -2.07. The van der Waals surface area contributed by atoms with Crippen LogP contribution >= 0.6 is 34.5 Å². The minimum Gasteiger partial charge on any atom is -0.324 e. The van der Waals surface area contributed by atoms with E-state index in [0.717, 1.165) is 20.8 Å². The molecule has 0 fully saturated rings. The maximum absolute atomic E-state index is 12.1. The highest BCUT2D eigenvalue weighted by atomic mass is 35.5. The van der Waals surface area contributed by atoms with Crippen molar-refractivity contribution in [3.8, 4) is 0 Å². The molecule has 0 bridgehead atoms. The molecule has 6 heteroatoms. The van der Waals surface area contributed by atoms with Crippen molar-refractivity contribution < 1.29 is 4.79 Å². The molecule has 0 spiro atoms. The van der Waals surface area contributed by atoms with E-state index in [0.29, 0.717) is 15.7 Å². The van der Waals surface area contributed by atoms with E-state index < -0.39 is 0 Å². The van der Waals surface area contributed by atoms with Crippen molar-refractivity contribution >= 4 is 56.3 Å². The molecule has 1 N–H and O–H groups in total. The number of anilines is 1. The quantitative estimate of drug-likeness (QED) is 0.714. The molecule has 1 heterocycles. The first-order chi connectivity index (χ1) is 10.5. The first-order valence-electron chi connectivity index (χ1n) is 6.63. The molecule has 0 saturated carbocycles. The number of nitrogens with zero attached hydrogens (tertiary/aromatic N) is 1. The fourth-order valence-corrected chi connectivity index (χ4v) is 3.42. The second kappa shape index (κ2) is 6.24. The summed E-state index contributed by atoms with van der Waals surface area (Å²) in [4.78, 5) is 16.5. The van der Waals surface area contributed by atoms with Crippen LogP contribution in [0.15, 0.2) is 36.4 Å². The Kier molecular flexibility index (Phi) is 4.34. The Morgan fingerprint density at radius 2 is 1.91 bits per heavy atom. The summed E-state index contributed by atoms with van der Waals surface area (Å²) >= 11 is 13.7. The van der Waals surface area contributed by atoms with Gasteiger partial charge in [-0.05, 0) is 36.8 Å². The van der Waals surface area contributed by atoms with Crippen molar-refractivity contribution in [1.82, 2.24) is 4.98 Å². The van der Waals surface area contributed by atoms with Gasteiger partial charge in [0.25, 0.3) is 0 Å². The van der Waals surface area contributed by atoms with Crippen LogP contribution in [0.4, 0.5) is 5.69 Å². The summed E-state index contributed by atoms with van der Waals surface area (Å²) in [6, 6.07) is 10.9. The Bertz CT molecular complexity index is 843. The molecule has 0 aliphatic rings. The first kappa shape index (κ1) is 15.3. The second-order valence-corrected chi connectivity index (χ2v) is 6.91. The third kappa shape index (κ3) is 3.24. The van der Waals surface area contributed by atoms with E-state index in [-0.39, 0.29) is 12.3 Å². The molecule has 0 saturated heterocycles. The maximum atomic E-state index is 12.1. The number of halogens is 2. The zero-order chi connectivity index (χ0) is 15.7. The van der Waals surface area contributed by atoms with Crippen molar-refractivity contribution in [1.29, 1.82) is 0 Å². The molecule has 2 aromatic carbocycles. The van der Waals surface area contributed by atoms with E-state index in [1.54, 1.807) is 23.5 Å². The van der Waals surface area contributed by atoms with Gasteiger partial charge in [0.1, 0.15) is 5.52 Å². The lowest BCUT2D eigenvalue weighted by molar-refractivity contribution is -0.115. The molecule has 1 aromatic heterocycles. The lowest BCUT2D eigenvalue weighted by atomic mass is 10.1. The van der Waals surface area contributed by atoms with E-state index >= 15 is 0 Å². The Labute approximate surface area is 141 Å². The zero-order valence-electron chi connectivity index (χ0n) is 11.7.